The third-order valence-electron chi connectivity index (χ3n) is 3.52. The molecular weight excluding hydrogens is 238 g/mol. The second-order valence-corrected chi connectivity index (χ2v) is 9.99. The second kappa shape index (κ2) is 7.03. The van der Waals surface area contributed by atoms with Crippen molar-refractivity contribution in [2.24, 2.45) is 0 Å². The van der Waals surface area contributed by atoms with Crippen molar-refractivity contribution in [3.8, 4) is 0 Å². The summed E-state index contributed by atoms with van der Waals surface area (Å²) in [5.41, 5.74) is 0.824. The fraction of sp³-hybridized carbons (Fsp3) is 1.00. The zero-order valence-electron chi connectivity index (χ0n) is 13.1. The third kappa shape index (κ3) is 4.65. The molecule has 18 heavy (non-hydrogen) atoms. The van der Waals surface area contributed by atoms with E-state index in [1.54, 1.807) is 0 Å². The van der Waals surface area contributed by atoms with Crippen LogP contribution in [0.5, 0.6) is 0 Å². The Balaban J connectivity index is 2.90. The van der Waals surface area contributed by atoms with Crippen LogP contribution >= 0.6 is 0 Å². The SMILES string of the molecule is CC(C)N[Si](NC(C)C)(NC(C)C)C1CCCC1. The molecule has 0 amide bonds. The smallest absolute Gasteiger partial charge is 0.285 e. The lowest BCUT2D eigenvalue weighted by Crippen LogP contribution is -2.78. The van der Waals surface area contributed by atoms with E-state index in [0.717, 1.165) is 5.54 Å². The molecule has 0 heterocycles. The van der Waals surface area contributed by atoms with E-state index in [0.29, 0.717) is 18.1 Å². The number of hydrogen-bond acceptors (Lipinski definition) is 3. The van der Waals surface area contributed by atoms with Crippen molar-refractivity contribution in [3.63, 3.8) is 0 Å². The highest BCUT2D eigenvalue weighted by atomic mass is 28.4. The largest absolute Gasteiger partial charge is 0.311 e. The van der Waals surface area contributed by atoms with Gasteiger partial charge in [-0.05, 0) is 36.5 Å². The molecule has 1 rings (SSSR count). The fourth-order valence-electron chi connectivity index (χ4n) is 3.20. The van der Waals surface area contributed by atoms with Gasteiger partial charge in [-0.2, -0.15) is 0 Å². The Morgan fingerprint density at radius 1 is 0.722 bits per heavy atom. The van der Waals surface area contributed by atoms with E-state index < -0.39 is 8.56 Å². The summed E-state index contributed by atoms with van der Waals surface area (Å²) in [6, 6.07) is 1.61. The van der Waals surface area contributed by atoms with Gasteiger partial charge in [0.2, 0.25) is 0 Å². The first-order chi connectivity index (χ1) is 8.35. The maximum Gasteiger partial charge on any atom is 0.285 e. The van der Waals surface area contributed by atoms with Crippen molar-refractivity contribution >= 4 is 8.56 Å². The molecule has 0 radical (unpaired) electrons. The van der Waals surface area contributed by atoms with Crippen LogP contribution in [-0.2, 0) is 0 Å². The van der Waals surface area contributed by atoms with Crippen molar-refractivity contribution in [3.05, 3.63) is 0 Å². The summed E-state index contributed by atoms with van der Waals surface area (Å²) in [5.74, 6) is 0. The summed E-state index contributed by atoms with van der Waals surface area (Å²) >= 11 is 0. The van der Waals surface area contributed by atoms with Crippen molar-refractivity contribution in [1.29, 1.82) is 0 Å². The van der Waals surface area contributed by atoms with Crippen molar-refractivity contribution in [1.82, 2.24) is 14.9 Å². The molecule has 0 aromatic heterocycles. The standard InChI is InChI=1S/C14H33N3Si/c1-11(2)15-18(16-12(3)4,17-13(5)6)14-9-7-8-10-14/h11-17H,7-10H2,1-6H3. The number of rotatable bonds is 7. The topological polar surface area (TPSA) is 36.1 Å². The van der Waals surface area contributed by atoms with Gasteiger partial charge in [-0.3, -0.25) is 0 Å². The minimum absolute atomic E-state index is 0.537. The Hall–Kier alpha value is 0.0969. The minimum atomic E-state index is -1.80. The van der Waals surface area contributed by atoms with Gasteiger partial charge in [0.25, 0.3) is 8.56 Å². The average Bonchev–Trinajstić information content (AvgIpc) is 2.65. The molecule has 0 aliphatic heterocycles. The van der Waals surface area contributed by atoms with Crippen LogP contribution in [0.1, 0.15) is 67.2 Å². The van der Waals surface area contributed by atoms with Crippen LogP contribution in [0.2, 0.25) is 5.54 Å². The number of hydrogen-bond donors (Lipinski definition) is 3. The van der Waals surface area contributed by atoms with E-state index in [-0.39, 0.29) is 0 Å². The van der Waals surface area contributed by atoms with Crippen molar-refractivity contribution in [2.75, 3.05) is 0 Å². The minimum Gasteiger partial charge on any atom is -0.311 e. The van der Waals surface area contributed by atoms with Gasteiger partial charge < -0.3 is 14.9 Å². The molecule has 0 unspecified atom stereocenters. The van der Waals surface area contributed by atoms with Crippen LogP contribution in [0.3, 0.4) is 0 Å². The van der Waals surface area contributed by atoms with Crippen molar-refractivity contribution < 1.29 is 0 Å². The van der Waals surface area contributed by atoms with Gasteiger partial charge in [0.05, 0.1) is 0 Å². The molecule has 108 valence electrons. The maximum atomic E-state index is 3.91. The van der Waals surface area contributed by atoms with Crippen LogP contribution in [0.15, 0.2) is 0 Å². The van der Waals surface area contributed by atoms with Crippen LogP contribution < -0.4 is 14.9 Å². The van der Waals surface area contributed by atoms with Gasteiger partial charge in [0, 0.05) is 0 Å². The molecule has 1 saturated carbocycles. The predicted octanol–water partition coefficient (Wildman–Crippen LogP) is 2.86. The molecule has 3 nitrogen and oxygen atoms in total. The zero-order valence-corrected chi connectivity index (χ0v) is 14.1. The Bertz CT molecular complexity index is 209. The lowest BCUT2D eigenvalue weighted by Gasteiger charge is -2.42. The lowest BCUT2D eigenvalue weighted by atomic mass is 10.4. The molecule has 4 heteroatoms. The van der Waals surface area contributed by atoms with E-state index >= 15 is 0 Å². The molecule has 0 spiro atoms. The second-order valence-electron chi connectivity index (χ2n) is 6.69. The van der Waals surface area contributed by atoms with E-state index in [9.17, 15) is 0 Å². The van der Waals surface area contributed by atoms with Gasteiger partial charge in [-0.25, -0.2) is 0 Å². The van der Waals surface area contributed by atoms with Gasteiger partial charge in [-0.15, -0.1) is 0 Å². The van der Waals surface area contributed by atoms with Gasteiger partial charge in [0.15, 0.2) is 0 Å². The Kier molecular flexibility index (Phi) is 6.31. The van der Waals surface area contributed by atoms with Crippen LogP contribution in [-0.4, -0.2) is 26.7 Å². The molecule has 3 N–H and O–H groups in total. The van der Waals surface area contributed by atoms with E-state index in [4.69, 9.17) is 0 Å². The summed E-state index contributed by atoms with van der Waals surface area (Å²) in [4.78, 5) is 11.7. The summed E-state index contributed by atoms with van der Waals surface area (Å²) in [7, 11) is -1.80. The summed E-state index contributed by atoms with van der Waals surface area (Å²) in [6.45, 7) is 13.6. The normalized spacial score (nSPS) is 18.5. The number of nitrogens with one attached hydrogen (secondary N) is 3. The van der Waals surface area contributed by atoms with E-state index in [1.165, 1.54) is 25.7 Å². The molecule has 0 aromatic rings. The lowest BCUT2D eigenvalue weighted by molar-refractivity contribution is 0.562. The van der Waals surface area contributed by atoms with E-state index in [2.05, 4.69) is 56.5 Å². The first kappa shape index (κ1) is 16.2. The quantitative estimate of drug-likeness (QED) is 0.623. The Labute approximate surface area is 115 Å². The van der Waals surface area contributed by atoms with Gasteiger partial charge >= 0.3 is 0 Å². The van der Waals surface area contributed by atoms with Crippen molar-refractivity contribution in [2.45, 2.75) is 90.9 Å². The molecule has 1 fully saturated rings. The molecule has 0 aromatic carbocycles. The summed E-state index contributed by atoms with van der Waals surface area (Å²) in [6.07, 6.45) is 5.56. The summed E-state index contributed by atoms with van der Waals surface area (Å²) < 4.78 is 0. The molecular formula is C14H33N3Si. The highest BCUT2D eigenvalue weighted by Gasteiger charge is 2.45. The molecule has 0 atom stereocenters. The zero-order chi connectivity index (χ0) is 13.8. The van der Waals surface area contributed by atoms with E-state index in [1.807, 2.05) is 0 Å². The molecule has 1 aliphatic carbocycles. The summed E-state index contributed by atoms with van der Waals surface area (Å²) in [5, 5.41) is 0. The highest BCUT2D eigenvalue weighted by Crippen LogP contribution is 2.35. The average molecular weight is 272 g/mol. The maximum absolute atomic E-state index is 3.91. The van der Waals surface area contributed by atoms with Gasteiger partial charge in [0.1, 0.15) is 0 Å². The van der Waals surface area contributed by atoms with Crippen LogP contribution in [0, 0.1) is 0 Å². The highest BCUT2D eigenvalue weighted by molar-refractivity contribution is 6.74. The molecule has 0 bridgehead atoms. The molecule has 0 saturated heterocycles. The first-order valence-corrected chi connectivity index (χ1v) is 9.76. The third-order valence-corrected chi connectivity index (χ3v) is 8.42. The first-order valence-electron chi connectivity index (χ1n) is 7.69. The predicted molar refractivity (Wildman–Crippen MR) is 82.8 cm³/mol. The van der Waals surface area contributed by atoms with Crippen LogP contribution in [0.4, 0.5) is 0 Å². The Morgan fingerprint density at radius 3 is 1.33 bits per heavy atom. The monoisotopic (exact) mass is 271 g/mol. The van der Waals surface area contributed by atoms with Crippen LogP contribution in [0.25, 0.3) is 0 Å². The van der Waals surface area contributed by atoms with Gasteiger partial charge in [-0.1, -0.05) is 54.4 Å². The molecule has 1 aliphatic rings. The Morgan fingerprint density at radius 2 is 1.06 bits per heavy atom. The fourth-order valence-corrected chi connectivity index (χ4v) is 8.17.